The standard InChI is InChI=1S/C15H16N4O4/c1-14(2)11-12(15(3,4)23-14)18(20)13(17-16-11)9-7-5-6-8-10(9)19(21)22/h5-8H,1-4H3. The lowest BCUT2D eigenvalue weighted by Crippen LogP contribution is -2.42. The molecule has 0 amide bonds. The van der Waals surface area contributed by atoms with E-state index in [1.54, 1.807) is 33.8 Å². The maximum absolute atomic E-state index is 12.9. The molecule has 0 atom stereocenters. The molecular formula is C15H16N4O4. The molecule has 0 bridgehead atoms. The minimum Gasteiger partial charge on any atom is -0.710 e. The summed E-state index contributed by atoms with van der Waals surface area (Å²) in [5.41, 5.74) is -0.912. The number of nitro benzene ring substituents is 1. The first-order chi connectivity index (χ1) is 10.6. The lowest BCUT2D eigenvalue weighted by atomic mass is 10.0. The van der Waals surface area contributed by atoms with E-state index in [-0.39, 0.29) is 17.1 Å². The molecule has 8 heteroatoms. The van der Waals surface area contributed by atoms with Gasteiger partial charge in [0.1, 0.15) is 16.8 Å². The SMILES string of the molecule is CC1(C)OC(C)(C)c2c1nnc(-c1ccccc1[N+](=O)[O-])[n+]2[O-]. The number of nitro groups is 1. The van der Waals surface area contributed by atoms with E-state index < -0.39 is 16.1 Å². The van der Waals surface area contributed by atoms with Crippen molar-refractivity contribution in [3.63, 3.8) is 0 Å². The molecule has 1 aliphatic rings. The third-order valence-corrected chi connectivity index (χ3v) is 3.86. The highest BCUT2D eigenvalue weighted by Gasteiger charge is 2.50. The van der Waals surface area contributed by atoms with Crippen LogP contribution >= 0.6 is 0 Å². The first-order valence-corrected chi connectivity index (χ1v) is 7.10. The largest absolute Gasteiger partial charge is 0.710 e. The fraction of sp³-hybridized carbons (Fsp3) is 0.400. The third kappa shape index (κ3) is 2.22. The number of nitrogens with zero attached hydrogens (tertiary/aromatic N) is 4. The number of benzene rings is 1. The number of hydrogen-bond donors (Lipinski definition) is 0. The highest BCUT2D eigenvalue weighted by Crippen LogP contribution is 2.44. The molecule has 2 aromatic rings. The van der Waals surface area contributed by atoms with E-state index in [1.807, 2.05) is 0 Å². The van der Waals surface area contributed by atoms with Crippen LogP contribution in [0.15, 0.2) is 24.3 Å². The average molecular weight is 316 g/mol. The van der Waals surface area contributed by atoms with Crippen molar-refractivity contribution in [2.75, 3.05) is 0 Å². The van der Waals surface area contributed by atoms with E-state index in [2.05, 4.69) is 10.2 Å². The molecule has 1 aromatic heterocycles. The lowest BCUT2D eigenvalue weighted by molar-refractivity contribution is -0.613. The van der Waals surface area contributed by atoms with Crippen LogP contribution in [0.25, 0.3) is 11.4 Å². The fourth-order valence-corrected chi connectivity index (χ4v) is 3.04. The van der Waals surface area contributed by atoms with Gasteiger partial charge in [0, 0.05) is 6.07 Å². The summed E-state index contributed by atoms with van der Waals surface area (Å²) in [6.07, 6.45) is 0. The lowest BCUT2D eigenvalue weighted by Gasteiger charge is -2.23. The minimum absolute atomic E-state index is 0.106. The van der Waals surface area contributed by atoms with Crippen LogP contribution in [0.5, 0.6) is 0 Å². The summed E-state index contributed by atoms with van der Waals surface area (Å²) < 4.78 is 6.50. The number of hydrogen-bond acceptors (Lipinski definition) is 6. The van der Waals surface area contributed by atoms with Gasteiger partial charge >= 0.3 is 5.82 Å². The van der Waals surface area contributed by atoms with Gasteiger partial charge in [-0.05, 0) is 38.9 Å². The van der Waals surface area contributed by atoms with Crippen LogP contribution in [0.4, 0.5) is 5.69 Å². The van der Waals surface area contributed by atoms with Crippen LogP contribution in [0.2, 0.25) is 0 Å². The van der Waals surface area contributed by atoms with Gasteiger partial charge in [-0.25, -0.2) is 4.73 Å². The van der Waals surface area contributed by atoms with Crippen molar-refractivity contribution in [2.24, 2.45) is 0 Å². The Morgan fingerprint density at radius 1 is 1.13 bits per heavy atom. The van der Waals surface area contributed by atoms with E-state index in [4.69, 9.17) is 4.74 Å². The van der Waals surface area contributed by atoms with Gasteiger partial charge < -0.3 is 9.94 Å². The van der Waals surface area contributed by atoms with Gasteiger partial charge in [-0.1, -0.05) is 12.1 Å². The first-order valence-electron chi connectivity index (χ1n) is 7.10. The van der Waals surface area contributed by atoms with Crippen molar-refractivity contribution in [1.29, 1.82) is 0 Å². The van der Waals surface area contributed by atoms with Crippen LogP contribution in [0.3, 0.4) is 0 Å². The molecule has 0 unspecified atom stereocenters. The summed E-state index contributed by atoms with van der Waals surface area (Å²) in [4.78, 5) is 10.6. The molecule has 3 rings (SSSR count). The Morgan fingerprint density at radius 3 is 2.43 bits per heavy atom. The zero-order valence-corrected chi connectivity index (χ0v) is 13.2. The Morgan fingerprint density at radius 2 is 1.78 bits per heavy atom. The van der Waals surface area contributed by atoms with Crippen molar-refractivity contribution >= 4 is 5.69 Å². The molecule has 0 spiro atoms. The molecule has 0 aliphatic carbocycles. The van der Waals surface area contributed by atoms with Gasteiger partial charge in [0.25, 0.3) is 5.69 Å². The average Bonchev–Trinajstić information content (AvgIpc) is 2.64. The quantitative estimate of drug-likeness (QED) is 0.364. The van der Waals surface area contributed by atoms with Crippen molar-refractivity contribution < 1.29 is 14.4 Å². The second-order valence-electron chi connectivity index (χ2n) is 6.41. The summed E-state index contributed by atoms with van der Waals surface area (Å²) in [7, 11) is 0. The second-order valence-corrected chi connectivity index (χ2v) is 6.41. The van der Waals surface area contributed by atoms with Crippen molar-refractivity contribution in [2.45, 2.75) is 38.9 Å². The molecule has 0 saturated carbocycles. The van der Waals surface area contributed by atoms with Crippen molar-refractivity contribution in [3.05, 3.63) is 51.0 Å². The van der Waals surface area contributed by atoms with Gasteiger partial charge in [0.15, 0.2) is 11.4 Å². The summed E-state index contributed by atoms with van der Waals surface area (Å²) in [5.74, 6) is -0.106. The van der Waals surface area contributed by atoms with Crippen molar-refractivity contribution in [1.82, 2.24) is 10.2 Å². The van der Waals surface area contributed by atoms with Gasteiger partial charge in [-0.2, -0.15) is 0 Å². The monoisotopic (exact) mass is 316 g/mol. The molecule has 2 heterocycles. The predicted molar refractivity (Wildman–Crippen MR) is 80.2 cm³/mol. The summed E-state index contributed by atoms with van der Waals surface area (Å²) in [6, 6.07) is 5.96. The van der Waals surface area contributed by atoms with E-state index in [1.165, 1.54) is 18.2 Å². The van der Waals surface area contributed by atoms with E-state index >= 15 is 0 Å². The summed E-state index contributed by atoms with van der Waals surface area (Å²) >= 11 is 0. The van der Waals surface area contributed by atoms with Crippen LogP contribution in [-0.2, 0) is 15.9 Å². The zero-order chi connectivity index (χ0) is 17.0. The Balaban J connectivity index is 2.29. The molecule has 0 N–H and O–H groups in total. The topological polar surface area (TPSA) is 105 Å². The molecule has 0 saturated heterocycles. The van der Waals surface area contributed by atoms with Crippen LogP contribution < -0.4 is 4.73 Å². The molecular weight excluding hydrogens is 300 g/mol. The van der Waals surface area contributed by atoms with Gasteiger partial charge in [-0.3, -0.25) is 10.1 Å². The van der Waals surface area contributed by atoms with E-state index in [0.29, 0.717) is 16.1 Å². The zero-order valence-electron chi connectivity index (χ0n) is 13.2. The molecule has 1 aliphatic heterocycles. The van der Waals surface area contributed by atoms with E-state index in [9.17, 15) is 15.3 Å². The van der Waals surface area contributed by atoms with Gasteiger partial charge in [0.05, 0.1) is 10.0 Å². The smallest absolute Gasteiger partial charge is 0.368 e. The highest BCUT2D eigenvalue weighted by molar-refractivity contribution is 5.65. The highest BCUT2D eigenvalue weighted by atomic mass is 16.6. The Bertz CT molecular complexity index is 817. The number of rotatable bonds is 2. The summed E-state index contributed by atoms with van der Waals surface area (Å²) in [6.45, 7) is 7.14. The number of ether oxygens (including phenoxy) is 1. The number of para-hydroxylation sites is 1. The Hall–Kier alpha value is -2.61. The van der Waals surface area contributed by atoms with Crippen LogP contribution in [0, 0.1) is 15.3 Å². The molecule has 1 aromatic carbocycles. The Kier molecular flexibility index (Phi) is 3.12. The van der Waals surface area contributed by atoms with Gasteiger partial charge in [0.2, 0.25) is 0 Å². The normalized spacial score (nSPS) is 17.7. The molecule has 23 heavy (non-hydrogen) atoms. The fourth-order valence-electron chi connectivity index (χ4n) is 3.04. The molecule has 8 nitrogen and oxygen atoms in total. The second kappa shape index (κ2) is 4.69. The third-order valence-electron chi connectivity index (χ3n) is 3.86. The maximum Gasteiger partial charge on any atom is 0.368 e. The first kappa shape index (κ1) is 15.3. The van der Waals surface area contributed by atoms with Crippen LogP contribution in [-0.4, -0.2) is 15.1 Å². The number of fused-ring (bicyclic) bond motifs is 1. The molecule has 120 valence electrons. The Labute approximate surface area is 132 Å². The summed E-state index contributed by atoms with van der Waals surface area (Å²) in [5, 5.41) is 32.1. The molecule has 0 fully saturated rings. The van der Waals surface area contributed by atoms with Gasteiger partial charge in [-0.15, -0.1) is 0 Å². The number of aromatic nitrogens is 3. The minimum atomic E-state index is -0.866. The van der Waals surface area contributed by atoms with Crippen molar-refractivity contribution in [3.8, 4) is 11.4 Å². The van der Waals surface area contributed by atoms with E-state index in [0.717, 1.165) is 0 Å². The molecule has 0 radical (unpaired) electrons. The maximum atomic E-state index is 12.9. The van der Waals surface area contributed by atoms with Crippen LogP contribution in [0.1, 0.15) is 39.1 Å². The predicted octanol–water partition coefficient (Wildman–Crippen LogP) is 2.19.